The van der Waals surface area contributed by atoms with Gasteiger partial charge >= 0.3 is 0 Å². The second-order valence-corrected chi connectivity index (χ2v) is 6.60. The van der Waals surface area contributed by atoms with Crippen LogP contribution in [0.3, 0.4) is 0 Å². The Bertz CT molecular complexity index is 509. The standard InChI is InChI=1S/C10H18BrN5O2S/c1-3-4-13-9-8(11)10(16-7-15-9)14-5-6-19(17,18)12-2/h7,12H,3-6H2,1-2H3,(H2,13,14,15,16). The number of sulfonamides is 1. The summed E-state index contributed by atoms with van der Waals surface area (Å²) in [6.07, 6.45) is 2.41. The van der Waals surface area contributed by atoms with Gasteiger partial charge in [-0.25, -0.2) is 23.1 Å². The lowest BCUT2D eigenvalue weighted by atomic mass is 10.4. The van der Waals surface area contributed by atoms with Crippen LogP contribution in [-0.4, -0.2) is 44.3 Å². The lowest BCUT2D eigenvalue weighted by Gasteiger charge is -2.11. The number of aromatic nitrogens is 2. The number of anilines is 2. The van der Waals surface area contributed by atoms with Crippen molar-refractivity contribution >= 4 is 37.6 Å². The molecule has 0 aliphatic carbocycles. The fraction of sp³-hybridized carbons (Fsp3) is 0.600. The molecule has 1 rings (SSSR count). The molecule has 0 aliphatic rings. The Kier molecular flexibility index (Phi) is 6.46. The number of hydrogen-bond acceptors (Lipinski definition) is 6. The Hall–Kier alpha value is -0.930. The summed E-state index contributed by atoms with van der Waals surface area (Å²) < 4.78 is 25.5. The SMILES string of the molecule is CCCNc1ncnc(NCCS(=O)(=O)NC)c1Br. The molecule has 0 amide bonds. The van der Waals surface area contributed by atoms with Gasteiger partial charge in [0, 0.05) is 13.1 Å². The molecule has 19 heavy (non-hydrogen) atoms. The Morgan fingerprint density at radius 1 is 1.21 bits per heavy atom. The lowest BCUT2D eigenvalue weighted by Crippen LogP contribution is -2.26. The minimum absolute atomic E-state index is 0.0162. The van der Waals surface area contributed by atoms with E-state index in [0.29, 0.717) is 16.1 Å². The molecule has 0 atom stereocenters. The molecule has 0 spiro atoms. The molecular weight excluding hydrogens is 334 g/mol. The van der Waals surface area contributed by atoms with Crippen LogP contribution in [-0.2, 0) is 10.0 Å². The number of halogens is 1. The van der Waals surface area contributed by atoms with Crippen molar-refractivity contribution in [1.82, 2.24) is 14.7 Å². The van der Waals surface area contributed by atoms with Gasteiger partial charge in [-0.05, 0) is 29.4 Å². The highest BCUT2D eigenvalue weighted by Crippen LogP contribution is 2.26. The van der Waals surface area contributed by atoms with Crippen molar-refractivity contribution in [2.45, 2.75) is 13.3 Å². The molecule has 108 valence electrons. The third kappa shape index (κ3) is 5.29. The number of nitrogens with one attached hydrogen (secondary N) is 3. The zero-order chi connectivity index (χ0) is 14.3. The summed E-state index contributed by atoms with van der Waals surface area (Å²) in [5.41, 5.74) is 0. The molecule has 0 bridgehead atoms. The minimum atomic E-state index is -3.21. The first-order chi connectivity index (χ1) is 9.00. The third-order valence-electron chi connectivity index (χ3n) is 2.31. The molecule has 0 aliphatic heterocycles. The zero-order valence-corrected chi connectivity index (χ0v) is 13.3. The minimum Gasteiger partial charge on any atom is -0.369 e. The summed E-state index contributed by atoms with van der Waals surface area (Å²) in [6, 6.07) is 0. The van der Waals surface area contributed by atoms with Gasteiger partial charge in [0.1, 0.15) is 22.4 Å². The molecule has 0 saturated carbocycles. The van der Waals surface area contributed by atoms with E-state index in [1.165, 1.54) is 13.4 Å². The monoisotopic (exact) mass is 351 g/mol. The molecule has 0 unspecified atom stereocenters. The topological polar surface area (TPSA) is 96.0 Å². The van der Waals surface area contributed by atoms with E-state index < -0.39 is 10.0 Å². The van der Waals surface area contributed by atoms with Crippen molar-refractivity contribution in [1.29, 1.82) is 0 Å². The smallest absolute Gasteiger partial charge is 0.213 e. The second kappa shape index (κ2) is 7.61. The maximum absolute atomic E-state index is 11.3. The summed E-state index contributed by atoms with van der Waals surface area (Å²) in [5, 5.41) is 6.12. The van der Waals surface area contributed by atoms with Gasteiger partial charge in [-0.2, -0.15) is 0 Å². The van der Waals surface area contributed by atoms with E-state index in [2.05, 4.69) is 48.2 Å². The normalized spacial score (nSPS) is 11.3. The molecule has 3 N–H and O–H groups in total. The summed E-state index contributed by atoms with van der Waals surface area (Å²) in [5.74, 6) is 1.24. The Morgan fingerprint density at radius 3 is 2.32 bits per heavy atom. The molecule has 1 heterocycles. The van der Waals surface area contributed by atoms with Crippen molar-refractivity contribution in [2.24, 2.45) is 0 Å². The molecule has 7 nitrogen and oxygen atoms in total. The van der Waals surface area contributed by atoms with Crippen molar-refractivity contribution in [3.63, 3.8) is 0 Å². The molecule has 1 aromatic rings. The van der Waals surface area contributed by atoms with Crippen LogP contribution < -0.4 is 15.4 Å². The van der Waals surface area contributed by atoms with Crippen molar-refractivity contribution in [3.8, 4) is 0 Å². The molecule has 0 fully saturated rings. The quantitative estimate of drug-likeness (QED) is 0.647. The van der Waals surface area contributed by atoms with Crippen molar-refractivity contribution < 1.29 is 8.42 Å². The Balaban J connectivity index is 2.64. The number of nitrogens with zero attached hydrogens (tertiary/aromatic N) is 2. The van der Waals surface area contributed by atoms with E-state index in [0.717, 1.165) is 13.0 Å². The molecule has 0 saturated heterocycles. The molecule has 0 aromatic carbocycles. The lowest BCUT2D eigenvalue weighted by molar-refractivity contribution is 0.588. The summed E-state index contributed by atoms with van der Waals surface area (Å²) in [7, 11) is -1.82. The summed E-state index contributed by atoms with van der Waals surface area (Å²) in [6.45, 7) is 3.14. The van der Waals surface area contributed by atoms with E-state index in [-0.39, 0.29) is 12.3 Å². The predicted octanol–water partition coefficient (Wildman–Crippen LogP) is 1.02. The van der Waals surface area contributed by atoms with Gasteiger partial charge < -0.3 is 10.6 Å². The van der Waals surface area contributed by atoms with Crippen LogP contribution in [0.5, 0.6) is 0 Å². The average molecular weight is 352 g/mol. The van der Waals surface area contributed by atoms with Crippen LogP contribution in [0.1, 0.15) is 13.3 Å². The Labute approximate surface area is 121 Å². The van der Waals surface area contributed by atoms with Crippen molar-refractivity contribution in [2.75, 3.05) is 36.5 Å². The molecule has 1 aromatic heterocycles. The van der Waals surface area contributed by atoms with Gasteiger partial charge in [-0.15, -0.1) is 0 Å². The van der Waals surface area contributed by atoms with Gasteiger partial charge in [0.25, 0.3) is 0 Å². The zero-order valence-electron chi connectivity index (χ0n) is 10.9. The molecule has 0 radical (unpaired) electrons. The highest BCUT2D eigenvalue weighted by atomic mass is 79.9. The summed E-state index contributed by atoms with van der Waals surface area (Å²) in [4.78, 5) is 8.18. The third-order valence-corrected chi connectivity index (χ3v) is 4.42. The first-order valence-electron chi connectivity index (χ1n) is 5.89. The van der Waals surface area contributed by atoms with E-state index in [1.54, 1.807) is 0 Å². The van der Waals surface area contributed by atoms with E-state index >= 15 is 0 Å². The van der Waals surface area contributed by atoms with E-state index in [1.807, 2.05) is 0 Å². The molecular formula is C10H18BrN5O2S. The summed E-state index contributed by atoms with van der Waals surface area (Å²) >= 11 is 3.39. The Morgan fingerprint density at radius 2 is 1.79 bits per heavy atom. The average Bonchev–Trinajstić information content (AvgIpc) is 2.39. The maximum atomic E-state index is 11.3. The van der Waals surface area contributed by atoms with E-state index in [9.17, 15) is 8.42 Å². The van der Waals surface area contributed by atoms with Crippen LogP contribution in [0.25, 0.3) is 0 Å². The highest BCUT2D eigenvalue weighted by molar-refractivity contribution is 9.10. The van der Waals surface area contributed by atoms with Crippen LogP contribution in [0.4, 0.5) is 11.6 Å². The van der Waals surface area contributed by atoms with Gasteiger partial charge in [0.05, 0.1) is 5.75 Å². The van der Waals surface area contributed by atoms with Crippen LogP contribution in [0, 0.1) is 0 Å². The van der Waals surface area contributed by atoms with Crippen LogP contribution in [0.15, 0.2) is 10.8 Å². The van der Waals surface area contributed by atoms with E-state index in [4.69, 9.17) is 0 Å². The highest BCUT2D eigenvalue weighted by Gasteiger charge is 2.10. The van der Waals surface area contributed by atoms with Gasteiger partial charge in [-0.1, -0.05) is 6.92 Å². The predicted molar refractivity (Wildman–Crippen MR) is 79.8 cm³/mol. The van der Waals surface area contributed by atoms with Gasteiger partial charge in [0.2, 0.25) is 10.0 Å². The fourth-order valence-electron chi connectivity index (χ4n) is 1.27. The fourth-order valence-corrected chi connectivity index (χ4v) is 2.33. The number of hydrogen-bond donors (Lipinski definition) is 3. The van der Waals surface area contributed by atoms with Crippen molar-refractivity contribution in [3.05, 3.63) is 10.8 Å². The second-order valence-electron chi connectivity index (χ2n) is 3.76. The van der Waals surface area contributed by atoms with Crippen LogP contribution >= 0.6 is 15.9 Å². The molecule has 9 heteroatoms. The van der Waals surface area contributed by atoms with Crippen LogP contribution in [0.2, 0.25) is 0 Å². The van der Waals surface area contributed by atoms with Gasteiger partial charge in [-0.3, -0.25) is 0 Å². The van der Waals surface area contributed by atoms with Gasteiger partial charge in [0.15, 0.2) is 0 Å². The maximum Gasteiger partial charge on any atom is 0.213 e. The first-order valence-corrected chi connectivity index (χ1v) is 8.34. The number of rotatable bonds is 8. The largest absolute Gasteiger partial charge is 0.369 e. The first kappa shape index (κ1) is 16.1.